The number of methoxy groups -OCH3 is 1. The van der Waals surface area contributed by atoms with Crippen LogP contribution in [-0.4, -0.2) is 42.5 Å². The van der Waals surface area contributed by atoms with E-state index in [2.05, 4.69) is 6.92 Å². The molecular weight excluding hydrogens is 436 g/mol. The van der Waals surface area contributed by atoms with Crippen molar-refractivity contribution >= 4 is 29.3 Å². The number of rotatable bonds is 7. The summed E-state index contributed by atoms with van der Waals surface area (Å²) in [5.41, 5.74) is -0.691. The van der Waals surface area contributed by atoms with Crippen LogP contribution in [0.5, 0.6) is 0 Å². The van der Waals surface area contributed by atoms with Gasteiger partial charge in [-0.1, -0.05) is 13.8 Å². The first-order valence-corrected chi connectivity index (χ1v) is 12.9. The average molecular weight is 475 g/mol. The molecule has 4 saturated carbocycles. The van der Waals surface area contributed by atoms with Crippen LogP contribution in [0.3, 0.4) is 0 Å². The molecule has 4 fully saturated rings. The van der Waals surface area contributed by atoms with Crippen LogP contribution in [0.4, 0.5) is 0 Å². The van der Waals surface area contributed by atoms with Crippen LogP contribution in [0.25, 0.3) is 0 Å². The molecule has 7 nitrogen and oxygen atoms in total. The zero-order valence-corrected chi connectivity index (χ0v) is 20.7. The Bertz CT molecular complexity index is 878. The largest absolute Gasteiger partial charge is 0.469 e. The van der Waals surface area contributed by atoms with Crippen molar-refractivity contribution in [3.8, 4) is 0 Å². The predicted molar refractivity (Wildman–Crippen MR) is 122 cm³/mol. The van der Waals surface area contributed by atoms with Crippen LogP contribution in [0.2, 0.25) is 0 Å². The van der Waals surface area contributed by atoms with Gasteiger partial charge < -0.3 is 9.47 Å². The summed E-state index contributed by atoms with van der Waals surface area (Å²) in [6.07, 6.45) is 6.05. The van der Waals surface area contributed by atoms with Gasteiger partial charge in [0, 0.05) is 54.8 Å². The Balaban J connectivity index is 1.35. The summed E-state index contributed by atoms with van der Waals surface area (Å²) in [4.78, 5) is 62.2. The van der Waals surface area contributed by atoms with Gasteiger partial charge in [0.05, 0.1) is 7.11 Å². The van der Waals surface area contributed by atoms with Crippen molar-refractivity contribution < 1.29 is 33.4 Å². The first kappa shape index (κ1) is 25.1. The highest BCUT2D eigenvalue weighted by molar-refractivity contribution is 5.92. The summed E-state index contributed by atoms with van der Waals surface area (Å²) in [6, 6.07) is 0. The smallest absolute Gasteiger partial charge is 0.306 e. The van der Waals surface area contributed by atoms with Gasteiger partial charge in [0.15, 0.2) is 0 Å². The molecule has 0 aromatic heterocycles. The third kappa shape index (κ3) is 4.35. The van der Waals surface area contributed by atoms with E-state index in [-0.39, 0.29) is 77.3 Å². The van der Waals surface area contributed by atoms with Crippen LogP contribution in [0.15, 0.2) is 0 Å². The molecule has 0 N–H and O–H groups in total. The van der Waals surface area contributed by atoms with Gasteiger partial charge in [-0.25, -0.2) is 0 Å². The van der Waals surface area contributed by atoms with Crippen LogP contribution >= 0.6 is 0 Å². The average Bonchev–Trinajstić information content (AvgIpc) is 3.29. The van der Waals surface area contributed by atoms with Gasteiger partial charge in [-0.15, -0.1) is 0 Å². The molecule has 4 aliphatic carbocycles. The van der Waals surface area contributed by atoms with E-state index in [4.69, 9.17) is 9.47 Å². The number of ether oxygens (including phenoxy) is 2. The molecule has 0 bridgehead atoms. The highest BCUT2D eigenvalue weighted by atomic mass is 16.5. The van der Waals surface area contributed by atoms with Crippen molar-refractivity contribution in [2.45, 2.75) is 97.0 Å². The van der Waals surface area contributed by atoms with Gasteiger partial charge in [-0.3, -0.25) is 24.0 Å². The summed E-state index contributed by atoms with van der Waals surface area (Å²) in [5, 5.41) is 0. The highest BCUT2D eigenvalue weighted by Crippen LogP contribution is 2.56. The quantitative estimate of drug-likeness (QED) is 0.514. The summed E-state index contributed by atoms with van der Waals surface area (Å²) in [6.45, 7) is 4.10. The van der Waals surface area contributed by atoms with E-state index in [1.165, 1.54) is 7.11 Å². The molecule has 0 unspecified atom stereocenters. The molecule has 7 atom stereocenters. The van der Waals surface area contributed by atoms with Crippen molar-refractivity contribution in [2.75, 3.05) is 7.11 Å². The highest BCUT2D eigenvalue weighted by Gasteiger charge is 2.56. The molecule has 0 spiro atoms. The maximum atomic E-state index is 12.9. The Morgan fingerprint density at radius 3 is 2.12 bits per heavy atom. The Hall–Kier alpha value is -2.05. The molecule has 0 heterocycles. The fourth-order valence-electron chi connectivity index (χ4n) is 7.68. The number of hydrogen-bond donors (Lipinski definition) is 0. The van der Waals surface area contributed by atoms with Gasteiger partial charge in [0.1, 0.15) is 23.5 Å². The predicted octanol–water partition coefficient (Wildman–Crippen LogP) is 3.99. The van der Waals surface area contributed by atoms with E-state index in [1.807, 2.05) is 6.92 Å². The number of ketones is 3. The van der Waals surface area contributed by atoms with Crippen molar-refractivity contribution in [1.82, 2.24) is 0 Å². The van der Waals surface area contributed by atoms with Crippen molar-refractivity contribution in [3.05, 3.63) is 0 Å². The van der Waals surface area contributed by atoms with Crippen LogP contribution in [0.1, 0.15) is 90.9 Å². The minimum atomic E-state index is -0.414. The first-order chi connectivity index (χ1) is 16.1. The van der Waals surface area contributed by atoms with E-state index < -0.39 is 5.41 Å². The fraction of sp³-hybridized carbons (Fsp3) is 0.815. The monoisotopic (exact) mass is 474 g/mol. The second kappa shape index (κ2) is 9.54. The molecule has 0 aromatic rings. The minimum absolute atomic E-state index is 0.0438. The fourth-order valence-corrected chi connectivity index (χ4v) is 7.68. The summed E-state index contributed by atoms with van der Waals surface area (Å²) in [7, 11) is 1.35. The third-order valence-corrected chi connectivity index (χ3v) is 9.88. The normalized spacial score (nSPS) is 39.5. The number of Topliss-reactive ketones (excluding diaryl/α,β-unsaturated/α-hetero) is 3. The Morgan fingerprint density at radius 1 is 0.824 bits per heavy atom. The Morgan fingerprint density at radius 2 is 1.44 bits per heavy atom. The van der Waals surface area contributed by atoms with Crippen LogP contribution < -0.4 is 0 Å². The third-order valence-electron chi connectivity index (χ3n) is 9.88. The number of fused-ring (bicyclic) bond motifs is 2. The van der Waals surface area contributed by atoms with Gasteiger partial charge >= 0.3 is 11.9 Å². The molecule has 0 radical (unpaired) electrons. The van der Waals surface area contributed by atoms with E-state index in [1.54, 1.807) is 0 Å². The Labute approximate surface area is 201 Å². The van der Waals surface area contributed by atoms with Gasteiger partial charge in [-0.05, 0) is 56.8 Å². The lowest BCUT2D eigenvalue weighted by Gasteiger charge is -2.43. The van der Waals surface area contributed by atoms with E-state index in [0.717, 1.165) is 12.8 Å². The molecule has 0 aromatic carbocycles. The molecule has 0 aliphatic heterocycles. The summed E-state index contributed by atoms with van der Waals surface area (Å²) < 4.78 is 10.7. The minimum Gasteiger partial charge on any atom is -0.469 e. The molecular formula is C27H38O7. The number of carbonyl (C=O) groups is 5. The zero-order valence-electron chi connectivity index (χ0n) is 20.7. The summed E-state index contributed by atoms with van der Waals surface area (Å²) >= 11 is 0. The second-order valence-electron chi connectivity index (χ2n) is 11.5. The molecule has 4 aliphatic rings. The van der Waals surface area contributed by atoms with Gasteiger partial charge in [0.2, 0.25) is 0 Å². The Kier molecular flexibility index (Phi) is 7.03. The zero-order chi connectivity index (χ0) is 24.7. The number of esters is 2. The molecule has 4 rings (SSSR count). The summed E-state index contributed by atoms with van der Waals surface area (Å²) in [5.74, 6) is -0.253. The van der Waals surface area contributed by atoms with Crippen LogP contribution in [-0.2, 0) is 33.4 Å². The van der Waals surface area contributed by atoms with E-state index in [9.17, 15) is 24.0 Å². The lowest BCUT2D eigenvalue weighted by molar-refractivity contribution is -0.158. The topological polar surface area (TPSA) is 104 Å². The molecule has 34 heavy (non-hydrogen) atoms. The van der Waals surface area contributed by atoms with Crippen molar-refractivity contribution in [1.29, 1.82) is 0 Å². The number of carbonyl (C=O) groups excluding carboxylic acids is 5. The first-order valence-electron chi connectivity index (χ1n) is 12.9. The molecule has 0 saturated heterocycles. The standard InChI is InChI=1S/C27H38O7/c1-26-14-12-20(28)16(18(26)6-8-22(26)30)5-11-25(32)34-23-9-7-19-17(4-10-24(31)33-3)21(29)13-15-27(19,23)2/h16-19,23H,4-15H2,1-3H3/t16-,17-,18-,19-,23-,26-,27-/m1/s1. The van der Waals surface area contributed by atoms with E-state index >= 15 is 0 Å². The molecule has 0 amide bonds. The molecule has 188 valence electrons. The van der Waals surface area contributed by atoms with Gasteiger partial charge in [0.25, 0.3) is 0 Å². The number of hydrogen-bond acceptors (Lipinski definition) is 7. The SMILES string of the molecule is COC(=O)CC[C@H]1C(=O)CC[C@]2(C)[C@@H]1CC[C@H]2OC(=O)CC[C@H]1C(=O)CC[C@@]2(C)C(=O)CC[C@H]12. The maximum Gasteiger partial charge on any atom is 0.306 e. The van der Waals surface area contributed by atoms with Crippen molar-refractivity contribution in [2.24, 2.45) is 34.5 Å². The van der Waals surface area contributed by atoms with Gasteiger partial charge in [-0.2, -0.15) is 0 Å². The molecule has 7 heteroatoms. The van der Waals surface area contributed by atoms with Crippen LogP contribution in [0, 0.1) is 34.5 Å². The van der Waals surface area contributed by atoms with E-state index in [0.29, 0.717) is 51.4 Å². The van der Waals surface area contributed by atoms with Crippen molar-refractivity contribution in [3.63, 3.8) is 0 Å². The second-order valence-corrected chi connectivity index (χ2v) is 11.5. The maximum absolute atomic E-state index is 12.9. The lowest BCUT2D eigenvalue weighted by atomic mass is 9.62. The lowest BCUT2D eigenvalue weighted by Crippen LogP contribution is -2.45.